The van der Waals surface area contributed by atoms with Gasteiger partial charge in [-0.1, -0.05) is 30.3 Å². The molecule has 4 heteroatoms. The van der Waals surface area contributed by atoms with Crippen LogP contribution in [0.3, 0.4) is 0 Å². The van der Waals surface area contributed by atoms with Crippen molar-refractivity contribution in [1.82, 2.24) is 9.55 Å². The summed E-state index contributed by atoms with van der Waals surface area (Å²) in [5, 5.41) is 2.47. The fraction of sp³-hybridized carbons (Fsp3) is 0.0435. The first kappa shape index (κ1) is 15.6. The lowest BCUT2D eigenvalue weighted by atomic mass is 10.0. The van der Waals surface area contributed by atoms with E-state index in [0.717, 1.165) is 16.6 Å². The largest absolute Gasteiger partial charge is 0.354 e. The normalized spacial score (nSPS) is 11.6. The molecule has 0 aliphatic carbocycles. The number of nitrogens with one attached hydrogen (secondary N) is 1. The Labute approximate surface area is 154 Å². The third-order valence-electron chi connectivity index (χ3n) is 5.11. The Morgan fingerprint density at radius 3 is 2.30 bits per heavy atom. The minimum absolute atomic E-state index is 0.0307. The summed E-state index contributed by atoms with van der Waals surface area (Å²) in [4.78, 5) is 29.4. The average Bonchev–Trinajstić information content (AvgIpc) is 2.70. The van der Waals surface area contributed by atoms with Crippen LogP contribution in [-0.4, -0.2) is 9.55 Å². The average molecular weight is 352 g/mol. The monoisotopic (exact) mass is 352 g/mol. The maximum absolute atomic E-state index is 13.1. The van der Waals surface area contributed by atoms with Crippen molar-refractivity contribution >= 4 is 43.6 Å². The molecule has 0 saturated carbocycles. The van der Waals surface area contributed by atoms with E-state index in [1.54, 1.807) is 12.1 Å². The molecule has 0 saturated heterocycles. The number of fused-ring (bicyclic) bond motifs is 4. The van der Waals surface area contributed by atoms with E-state index in [0.29, 0.717) is 33.6 Å². The maximum Gasteiger partial charge on any atom is 0.197 e. The van der Waals surface area contributed by atoms with E-state index in [4.69, 9.17) is 0 Å². The Kier molecular flexibility index (Phi) is 3.28. The van der Waals surface area contributed by atoms with E-state index in [9.17, 15) is 9.59 Å². The number of rotatable bonds is 2. The lowest BCUT2D eigenvalue weighted by Crippen LogP contribution is -2.12. The molecule has 2 heterocycles. The smallest absolute Gasteiger partial charge is 0.197 e. The van der Waals surface area contributed by atoms with Gasteiger partial charge in [-0.05, 0) is 36.4 Å². The highest BCUT2D eigenvalue weighted by molar-refractivity contribution is 6.03. The Hall–Kier alpha value is -3.66. The van der Waals surface area contributed by atoms with Crippen molar-refractivity contribution in [3.05, 3.63) is 93.8 Å². The second kappa shape index (κ2) is 5.68. The Morgan fingerprint density at radius 1 is 0.778 bits per heavy atom. The van der Waals surface area contributed by atoms with Gasteiger partial charge in [-0.2, -0.15) is 0 Å². The number of para-hydroxylation sites is 2. The van der Waals surface area contributed by atoms with Crippen LogP contribution in [0.15, 0.2) is 82.9 Å². The zero-order valence-corrected chi connectivity index (χ0v) is 14.5. The molecule has 130 valence electrons. The summed E-state index contributed by atoms with van der Waals surface area (Å²) in [5.41, 5.74) is 2.95. The van der Waals surface area contributed by atoms with Gasteiger partial charge in [0.15, 0.2) is 10.9 Å². The van der Waals surface area contributed by atoms with Gasteiger partial charge in [0.25, 0.3) is 0 Å². The van der Waals surface area contributed by atoms with E-state index in [-0.39, 0.29) is 10.9 Å². The first-order valence-electron chi connectivity index (χ1n) is 8.80. The predicted octanol–water partition coefficient (Wildman–Crippen LogP) is 4.34. The van der Waals surface area contributed by atoms with Gasteiger partial charge in [-0.15, -0.1) is 6.58 Å². The number of hydrogen-bond donors (Lipinski definition) is 1. The summed E-state index contributed by atoms with van der Waals surface area (Å²) in [5.74, 6) is 0. The van der Waals surface area contributed by atoms with Crippen molar-refractivity contribution in [3.8, 4) is 0 Å². The molecule has 0 aliphatic rings. The van der Waals surface area contributed by atoms with Crippen molar-refractivity contribution in [1.29, 1.82) is 0 Å². The molecule has 0 amide bonds. The molecule has 0 aliphatic heterocycles. The molecular weight excluding hydrogens is 336 g/mol. The Morgan fingerprint density at radius 2 is 1.48 bits per heavy atom. The summed E-state index contributed by atoms with van der Waals surface area (Å²) in [6.07, 6.45) is 1.80. The quantitative estimate of drug-likeness (QED) is 0.380. The van der Waals surface area contributed by atoms with Gasteiger partial charge < -0.3 is 9.55 Å². The number of benzene rings is 3. The van der Waals surface area contributed by atoms with Crippen LogP contribution in [0.4, 0.5) is 0 Å². The number of hydrogen-bond acceptors (Lipinski definition) is 2. The third-order valence-corrected chi connectivity index (χ3v) is 5.11. The second-order valence-electron chi connectivity index (χ2n) is 6.66. The lowest BCUT2D eigenvalue weighted by Gasteiger charge is -2.14. The topological polar surface area (TPSA) is 54.9 Å². The Balaban J connectivity index is 2.07. The Bertz CT molecular complexity index is 1510. The van der Waals surface area contributed by atoms with E-state index in [1.165, 1.54) is 0 Å². The summed E-state index contributed by atoms with van der Waals surface area (Å²) in [6.45, 7) is 4.40. The van der Waals surface area contributed by atoms with Crippen LogP contribution >= 0.6 is 0 Å². The number of aromatic amines is 1. The van der Waals surface area contributed by atoms with E-state index >= 15 is 0 Å². The SMILES string of the molecule is C=CCn1c2ccccc2c(=O)c2cc3[nH]c4ccccc4c(=O)c3cc21. The van der Waals surface area contributed by atoms with Gasteiger partial charge >= 0.3 is 0 Å². The first-order valence-corrected chi connectivity index (χ1v) is 8.80. The van der Waals surface area contributed by atoms with Gasteiger partial charge in [0.1, 0.15) is 0 Å². The van der Waals surface area contributed by atoms with Crippen LogP contribution in [0, 0.1) is 0 Å². The second-order valence-corrected chi connectivity index (χ2v) is 6.66. The van der Waals surface area contributed by atoms with Crippen molar-refractivity contribution in [2.75, 3.05) is 0 Å². The van der Waals surface area contributed by atoms with Crippen LogP contribution < -0.4 is 10.9 Å². The van der Waals surface area contributed by atoms with Gasteiger partial charge in [0, 0.05) is 33.6 Å². The molecule has 0 radical (unpaired) electrons. The highest BCUT2D eigenvalue weighted by atomic mass is 16.1. The molecular formula is C23H16N2O2. The number of aromatic nitrogens is 2. The van der Waals surface area contributed by atoms with Crippen LogP contribution in [0.2, 0.25) is 0 Å². The number of H-pyrrole nitrogens is 1. The zero-order chi connectivity index (χ0) is 18.5. The van der Waals surface area contributed by atoms with Crippen molar-refractivity contribution < 1.29 is 0 Å². The molecule has 27 heavy (non-hydrogen) atoms. The van der Waals surface area contributed by atoms with Crippen molar-refractivity contribution in [3.63, 3.8) is 0 Å². The summed E-state index contributed by atoms with van der Waals surface area (Å²) in [7, 11) is 0. The summed E-state index contributed by atoms with van der Waals surface area (Å²) >= 11 is 0. The lowest BCUT2D eigenvalue weighted by molar-refractivity contribution is 0.894. The fourth-order valence-corrected chi connectivity index (χ4v) is 3.87. The van der Waals surface area contributed by atoms with Gasteiger partial charge in [0.2, 0.25) is 0 Å². The molecule has 0 atom stereocenters. The van der Waals surface area contributed by atoms with E-state index in [1.807, 2.05) is 59.2 Å². The summed E-state index contributed by atoms with van der Waals surface area (Å²) < 4.78 is 2.03. The minimum atomic E-state index is -0.0352. The first-order chi connectivity index (χ1) is 13.2. The van der Waals surface area contributed by atoms with Gasteiger partial charge in [0.05, 0.1) is 16.6 Å². The molecule has 3 aromatic carbocycles. The highest BCUT2D eigenvalue weighted by Gasteiger charge is 2.13. The highest BCUT2D eigenvalue weighted by Crippen LogP contribution is 2.24. The molecule has 2 aromatic heterocycles. The third kappa shape index (κ3) is 2.16. The standard InChI is InChI=1S/C23H16N2O2/c1-2-11-25-20-10-6-4-8-15(20)23(27)17-12-19-16(13-21(17)25)22(26)14-7-3-5-9-18(14)24-19/h2-10,12-13H,1,11H2,(H,24,26). The molecule has 0 bridgehead atoms. The summed E-state index contributed by atoms with van der Waals surface area (Å²) in [6, 6.07) is 18.6. The number of nitrogens with zero attached hydrogens (tertiary/aromatic N) is 1. The maximum atomic E-state index is 13.1. The molecule has 0 unspecified atom stereocenters. The van der Waals surface area contributed by atoms with Crippen LogP contribution in [0.1, 0.15) is 0 Å². The zero-order valence-electron chi connectivity index (χ0n) is 14.5. The number of allylic oxidation sites excluding steroid dienone is 1. The van der Waals surface area contributed by atoms with Crippen LogP contribution in [0.25, 0.3) is 43.6 Å². The van der Waals surface area contributed by atoms with Gasteiger partial charge in [-0.25, -0.2) is 0 Å². The van der Waals surface area contributed by atoms with Crippen LogP contribution in [0.5, 0.6) is 0 Å². The fourth-order valence-electron chi connectivity index (χ4n) is 3.87. The van der Waals surface area contributed by atoms with E-state index in [2.05, 4.69) is 11.6 Å². The molecule has 5 aromatic rings. The molecule has 1 N–H and O–H groups in total. The predicted molar refractivity (Wildman–Crippen MR) is 112 cm³/mol. The molecule has 4 nitrogen and oxygen atoms in total. The molecule has 0 spiro atoms. The van der Waals surface area contributed by atoms with Gasteiger partial charge in [-0.3, -0.25) is 9.59 Å². The molecule has 0 fully saturated rings. The van der Waals surface area contributed by atoms with Crippen molar-refractivity contribution in [2.24, 2.45) is 0 Å². The molecule has 5 rings (SSSR count). The van der Waals surface area contributed by atoms with Crippen molar-refractivity contribution in [2.45, 2.75) is 6.54 Å². The van der Waals surface area contributed by atoms with Crippen LogP contribution in [-0.2, 0) is 6.54 Å². The van der Waals surface area contributed by atoms with E-state index < -0.39 is 0 Å². The minimum Gasteiger partial charge on any atom is -0.354 e. The number of pyridine rings is 2.